The molecule has 0 heterocycles. The molecule has 148 valence electrons. The molecular formula is C26H26Cl2Zr. The van der Waals surface area contributed by atoms with Gasteiger partial charge in [-0.25, -0.2) is 24.3 Å². The van der Waals surface area contributed by atoms with Crippen LogP contribution in [-0.2, 0) is 39.0 Å². The van der Waals surface area contributed by atoms with E-state index in [-0.39, 0.29) is 51.0 Å². The van der Waals surface area contributed by atoms with Crippen molar-refractivity contribution >= 4 is 0 Å². The van der Waals surface area contributed by atoms with E-state index in [0.717, 1.165) is 12.8 Å². The van der Waals surface area contributed by atoms with Gasteiger partial charge in [-0.15, -0.1) is 0 Å². The fourth-order valence-corrected chi connectivity index (χ4v) is 3.12. The summed E-state index contributed by atoms with van der Waals surface area (Å²) in [6.07, 6.45) is 2.11. The molecule has 4 rings (SSSR count). The van der Waals surface area contributed by atoms with E-state index in [2.05, 4.69) is 111 Å². The Bertz CT molecular complexity index is 830. The van der Waals surface area contributed by atoms with Crippen LogP contribution in [0, 0.1) is 13.8 Å². The van der Waals surface area contributed by atoms with Crippen LogP contribution in [0.5, 0.6) is 0 Å². The molecule has 4 aromatic rings. The first-order chi connectivity index (χ1) is 12.7. The average molecular weight is 501 g/mol. The second kappa shape index (κ2) is 14.6. The summed E-state index contributed by atoms with van der Waals surface area (Å²) >= 11 is 0. The van der Waals surface area contributed by atoms with Gasteiger partial charge in [0.2, 0.25) is 0 Å². The Kier molecular flexibility index (Phi) is 13.9. The zero-order valence-corrected chi connectivity index (χ0v) is 20.9. The molecule has 3 heteroatoms. The zero-order chi connectivity index (χ0) is 18.2. The molecule has 0 aliphatic carbocycles. The van der Waals surface area contributed by atoms with E-state index >= 15 is 0 Å². The van der Waals surface area contributed by atoms with Crippen LogP contribution in [0.15, 0.2) is 97.1 Å². The maximum absolute atomic E-state index is 2.20. The molecule has 0 N–H and O–H groups in total. The maximum Gasteiger partial charge on any atom is 4.00 e. The molecule has 4 aromatic carbocycles. The van der Waals surface area contributed by atoms with E-state index in [1.165, 1.54) is 33.4 Å². The van der Waals surface area contributed by atoms with E-state index in [9.17, 15) is 0 Å². The molecule has 0 amide bonds. The quantitative estimate of drug-likeness (QED) is 0.361. The minimum absolute atomic E-state index is 0. The summed E-state index contributed by atoms with van der Waals surface area (Å²) in [4.78, 5) is 0. The van der Waals surface area contributed by atoms with Crippen LogP contribution < -0.4 is 24.8 Å². The van der Waals surface area contributed by atoms with Crippen LogP contribution in [0.25, 0.3) is 0 Å². The van der Waals surface area contributed by atoms with Crippen molar-refractivity contribution in [1.29, 1.82) is 0 Å². The van der Waals surface area contributed by atoms with E-state index in [0.29, 0.717) is 0 Å². The number of aryl methyl sites for hydroxylation is 2. The fraction of sp³-hybridized carbons (Fsp3) is 0.154. The second-order valence-electron chi connectivity index (χ2n) is 6.79. The van der Waals surface area contributed by atoms with Gasteiger partial charge in [0.25, 0.3) is 0 Å². The molecule has 0 saturated carbocycles. The summed E-state index contributed by atoms with van der Waals surface area (Å²) in [6, 6.07) is 34.1. The van der Waals surface area contributed by atoms with Crippen molar-refractivity contribution in [2.45, 2.75) is 26.7 Å². The molecule has 0 nitrogen and oxygen atoms in total. The van der Waals surface area contributed by atoms with Crippen LogP contribution in [0.1, 0.15) is 33.4 Å². The van der Waals surface area contributed by atoms with Gasteiger partial charge < -0.3 is 24.8 Å². The predicted octanol–water partition coefficient (Wildman–Crippen LogP) is 0.615. The summed E-state index contributed by atoms with van der Waals surface area (Å²) in [7, 11) is 0. The Morgan fingerprint density at radius 1 is 0.517 bits per heavy atom. The summed E-state index contributed by atoms with van der Waals surface area (Å²) in [5.74, 6) is 0. The van der Waals surface area contributed by atoms with Gasteiger partial charge in [0.15, 0.2) is 0 Å². The number of halogens is 2. The molecule has 29 heavy (non-hydrogen) atoms. The molecule has 0 spiro atoms. The van der Waals surface area contributed by atoms with E-state index in [1.54, 1.807) is 0 Å². The monoisotopic (exact) mass is 498 g/mol. The molecule has 0 aromatic heterocycles. The van der Waals surface area contributed by atoms with Crippen molar-refractivity contribution in [3.8, 4) is 0 Å². The number of benzene rings is 2. The van der Waals surface area contributed by atoms with E-state index in [1.807, 2.05) is 0 Å². The van der Waals surface area contributed by atoms with Crippen LogP contribution in [-0.4, -0.2) is 0 Å². The Morgan fingerprint density at radius 2 is 0.862 bits per heavy atom. The number of rotatable bonds is 4. The second-order valence-corrected chi connectivity index (χ2v) is 6.79. The molecule has 0 aliphatic heterocycles. The predicted molar refractivity (Wildman–Crippen MR) is 112 cm³/mol. The van der Waals surface area contributed by atoms with Gasteiger partial charge in [-0.05, 0) is 12.8 Å². The maximum atomic E-state index is 2.20. The van der Waals surface area contributed by atoms with Gasteiger partial charge in [-0.1, -0.05) is 85.6 Å². The van der Waals surface area contributed by atoms with Gasteiger partial charge in [-0.3, -0.25) is 0 Å². The summed E-state index contributed by atoms with van der Waals surface area (Å²) < 4.78 is 0. The third kappa shape index (κ3) is 8.87. The zero-order valence-electron chi connectivity index (χ0n) is 16.9. The molecule has 0 radical (unpaired) electrons. The van der Waals surface area contributed by atoms with Crippen molar-refractivity contribution in [3.63, 3.8) is 0 Å². The molecular weight excluding hydrogens is 474 g/mol. The topological polar surface area (TPSA) is 0 Å². The molecule has 0 unspecified atom stereocenters. The summed E-state index contributed by atoms with van der Waals surface area (Å²) in [5.41, 5.74) is 8.43. The van der Waals surface area contributed by atoms with Crippen molar-refractivity contribution < 1.29 is 51.0 Å². The first kappa shape index (κ1) is 27.6. The van der Waals surface area contributed by atoms with Crippen LogP contribution >= 0.6 is 0 Å². The van der Waals surface area contributed by atoms with Crippen molar-refractivity contribution in [1.82, 2.24) is 0 Å². The Morgan fingerprint density at radius 3 is 1.14 bits per heavy atom. The minimum atomic E-state index is 0. The SMILES string of the molecule is Cc1ccc[c-]1Cc1ccccc1.Cc1ccc[c-]1Cc1ccccc1.[Cl-].[Cl-].[Zr+4]. The van der Waals surface area contributed by atoms with Crippen LogP contribution in [0.4, 0.5) is 0 Å². The van der Waals surface area contributed by atoms with E-state index < -0.39 is 0 Å². The largest absolute Gasteiger partial charge is 4.00 e. The molecule has 0 bridgehead atoms. The first-order valence-electron chi connectivity index (χ1n) is 9.22. The van der Waals surface area contributed by atoms with Gasteiger partial charge in [0.05, 0.1) is 0 Å². The van der Waals surface area contributed by atoms with Crippen molar-refractivity contribution in [2.75, 3.05) is 0 Å². The minimum Gasteiger partial charge on any atom is -1.00 e. The smallest absolute Gasteiger partial charge is 1.00 e. The third-order valence-corrected chi connectivity index (χ3v) is 4.78. The molecule has 0 saturated heterocycles. The van der Waals surface area contributed by atoms with Crippen LogP contribution in [0.3, 0.4) is 0 Å². The van der Waals surface area contributed by atoms with E-state index in [4.69, 9.17) is 0 Å². The Labute approximate surface area is 207 Å². The average Bonchev–Trinajstić information content (AvgIpc) is 3.26. The molecule has 0 aliphatic rings. The van der Waals surface area contributed by atoms with Gasteiger partial charge >= 0.3 is 26.2 Å². The third-order valence-electron chi connectivity index (χ3n) is 4.78. The first-order valence-corrected chi connectivity index (χ1v) is 9.22. The number of hydrogen-bond donors (Lipinski definition) is 0. The van der Waals surface area contributed by atoms with Gasteiger partial charge in [0.1, 0.15) is 0 Å². The van der Waals surface area contributed by atoms with Crippen molar-refractivity contribution in [2.24, 2.45) is 0 Å². The fourth-order valence-electron chi connectivity index (χ4n) is 3.12. The summed E-state index contributed by atoms with van der Waals surface area (Å²) in [6.45, 7) is 4.33. The molecule has 0 atom stereocenters. The molecule has 0 fully saturated rings. The summed E-state index contributed by atoms with van der Waals surface area (Å²) in [5, 5.41) is 0. The normalized spacial score (nSPS) is 9.17. The Hall–Kier alpha value is -1.40. The van der Waals surface area contributed by atoms with Crippen LogP contribution in [0.2, 0.25) is 0 Å². The standard InChI is InChI=1S/2C13H13.2ClH.Zr/c2*1-11-6-5-9-13(11)10-12-7-3-2-4-8-12;;;/h2*2-9H,10H2,1H3;2*1H;/q2*-1;;;+4/p-2. The van der Waals surface area contributed by atoms with Gasteiger partial charge in [-0.2, -0.15) is 34.4 Å². The van der Waals surface area contributed by atoms with Crippen molar-refractivity contribution in [3.05, 3.63) is 130 Å². The van der Waals surface area contributed by atoms with Gasteiger partial charge in [0, 0.05) is 0 Å². The number of hydrogen-bond acceptors (Lipinski definition) is 0. The Balaban J connectivity index is 0.000000490.